The van der Waals surface area contributed by atoms with Gasteiger partial charge in [0, 0.05) is 11.9 Å². The van der Waals surface area contributed by atoms with Gasteiger partial charge in [-0.15, -0.1) is 11.3 Å². The lowest BCUT2D eigenvalue weighted by Crippen LogP contribution is -2.34. The van der Waals surface area contributed by atoms with Crippen LogP contribution >= 0.6 is 11.3 Å². The van der Waals surface area contributed by atoms with Crippen LogP contribution in [0.25, 0.3) is 11.0 Å². The highest BCUT2D eigenvalue weighted by Crippen LogP contribution is 2.25. The van der Waals surface area contributed by atoms with Gasteiger partial charge in [-0.25, -0.2) is 4.79 Å². The fourth-order valence-corrected chi connectivity index (χ4v) is 4.26. The predicted octanol–water partition coefficient (Wildman–Crippen LogP) is 2.85. The minimum absolute atomic E-state index is 0.263. The topological polar surface area (TPSA) is 82.3 Å². The number of aromatic nitrogens is 2. The summed E-state index contributed by atoms with van der Waals surface area (Å²) in [7, 11) is 1.65. The largest absolute Gasteiger partial charge is 0.454 e. The van der Waals surface area contributed by atoms with Gasteiger partial charge in [0.2, 0.25) is 0 Å². The first-order valence-corrected chi connectivity index (χ1v) is 10.6. The lowest BCUT2D eigenvalue weighted by Gasteiger charge is -2.18. The Hall–Kier alpha value is -3.65. The maximum absolute atomic E-state index is 12.5. The van der Waals surface area contributed by atoms with Crippen molar-refractivity contribution in [1.82, 2.24) is 14.5 Å². The summed E-state index contributed by atoms with van der Waals surface area (Å²) in [4.78, 5) is 38.3. The molecule has 2 aromatic carbocycles. The van der Waals surface area contributed by atoms with Crippen LogP contribution in [0.2, 0.25) is 0 Å². The standard InChI is InChI=1S/C23H21N3O4S/c1-25-17-10-5-6-11-18(17)26(23(25)29)14-21(28)30-15-20(27)24-22(19-12-7-13-31-19)16-8-3-2-4-9-16/h2-13,22H,14-15H2,1H3,(H,24,27). The van der Waals surface area contributed by atoms with E-state index in [9.17, 15) is 14.4 Å². The maximum atomic E-state index is 12.5. The summed E-state index contributed by atoms with van der Waals surface area (Å²) >= 11 is 1.54. The minimum atomic E-state index is -0.652. The van der Waals surface area contributed by atoms with Crippen LogP contribution in [-0.2, 0) is 27.9 Å². The Bertz CT molecular complexity index is 1260. The molecule has 1 atom stereocenters. The Morgan fingerprint density at radius 1 is 1.00 bits per heavy atom. The van der Waals surface area contributed by atoms with Gasteiger partial charge >= 0.3 is 11.7 Å². The number of amides is 1. The number of rotatable bonds is 7. The molecule has 31 heavy (non-hydrogen) atoms. The number of hydrogen-bond acceptors (Lipinski definition) is 5. The molecule has 4 rings (SSSR count). The van der Waals surface area contributed by atoms with E-state index in [0.717, 1.165) is 16.0 Å². The molecule has 1 amide bonds. The summed E-state index contributed by atoms with van der Waals surface area (Å²) in [6, 6.07) is 20.3. The van der Waals surface area contributed by atoms with Crippen molar-refractivity contribution in [1.29, 1.82) is 0 Å². The third-order valence-electron chi connectivity index (χ3n) is 4.97. The summed E-state index contributed by atoms with van der Waals surface area (Å²) in [6.45, 7) is -0.687. The molecule has 0 aliphatic heterocycles. The second-order valence-corrected chi connectivity index (χ2v) is 7.98. The van der Waals surface area contributed by atoms with Crippen LogP contribution in [-0.4, -0.2) is 27.6 Å². The van der Waals surface area contributed by atoms with E-state index in [0.29, 0.717) is 5.52 Å². The van der Waals surface area contributed by atoms with Crippen LogP contribution in [0.5, 0.6) is 0 Å². The molecular weight excluding hydrogens is 414 g/mol. The first-order valence-electron chi connectivity index (χ1n) is 9.72. The number of carbonyl (C=O) groups is 2. The van der Waals surface area contributed by atoms with E-state index < -0.39 is 18.5 Å². The van der Waals surface area contributed by atoms with Gasteiger partial charge in [0.15, 0.2) is 6.61 Å². The number of nitrogens with one attached hydrogen (secondary N) is 1. The quantitative estimate of drug-likeness (QED) is 0.453. The Balaban J connectivity index is 1.41. The van der Waals surface area contributed by atoms with Crippen molar-refractivity contribution in [2.24, 2.45) is 7.05 Å². The number of aryl methyl sites for hydroxylation is 1. The van der Waals surface area contributed by atoms with Gasteiger partial charge in [-0.1, -0.05) is 48.5 Å². The molecule has 0 aliphatic rings. The van der Waals surface area contributed by atoms with E-state index >= 15 is 0 Å². The highest BCUT2D eigenvalue weighted by molar-refractivity contribution is 7.10. The normalized spacial score (nSPS) is 11.9. The first kappa shape index (κ1) is 20.6. The van der Waals surface area contributed by atoms with Crippen molar-refractivity contribution >= 4 is 34.2 Å². The molecule has 0 saturated heterocycles. The van der Waals surface area contributed by atoms with E-state index in [1.165, 1.54) is 20.5 Å². The minimum Gasteiger partial charge on any atom is -0.454 e. The maximum Gasteiger partial charge on any atom is 0.329 e. The highest BCUT2D eigenvalue weighted by atomic mass is 32.1. The summed E-state index contributed by atoms with van der Waals surface area (Å²) in [6.07, 6.45) is 0. The highest BCUT2D eigenvalue weighted by Gasteiger charge is 2.19. The van der Waals surface area contributed by atoms with Crippen LogP contribution in [0.15, 0.2) is 76.9 Å². The van der Waals surface area contributed by atoms with E-state index in [-0.39, 0.29) is 18.3 Å². The molecule has 0 saturated carbocycles. The number of ether oxygens (including phenoxy) is 1. The molecule has 0 aliphatic carbocycles. The fraction of sp³-hybridized carbons (Fsp3) is 0.174. The second kappa shape index (κ2) is 9.01. The second-order valence-electron chi connectivity index (χ2n) is 7.00. The number of fused-ring (bicyclic) bond motifs is 1. The number of esters is 1. The van der Waals surface area contributed by atoms with Gasteiger partial charge in [0.25, 0.3) is 5.91 Å². The van der Waals surface area contributed by atoms with Gasteiger partial charge in [0.05, 0.1) is 17.1 Å². The predicted molar refractivity (Wildman–Crippen MR) is 119 cm³/mol. The number of hydrogen-bond donors (Lipinski definition) is 1. The average molecular weight is 436 g/mol. The van der Waals surface area contributed by atoms with Crippen molar-refractivity contribution in [2.45, 2.75) is 12.6 Å². The number of carbonyl (C=O) groups excluding carboxylic acids is 2. The summed E-state index contributed by atoms with van der Waals surface area (Å²) in [5.74, 6) is -1.07. The number of imidazole rings is 1. The van der Waals surface area contributed by atoms with Crippen LogP contribution in [0, 0.1) is 0 Å². The Morgan fingerprint density at radius 3 is 2.42 bits per heavy atom. The SMILES string of the molecule is Cn1c(=O)n(CC(=O)OCC(=O)NC(c2ccccc2)c2cccs2)c2ccccc21. The molecule has 2 heterocycles. The van der Waals surface area contributed by atoms with E-state index in [2.05, 4.69) is 5.32 Å². The molecule has 1 N–H and O–H groups in total. The van der Waals surface area contributed by atoms with Crippen molar-refractivity contribution in [2.75, 3.05) is 6.61 Å². The number of benzene rings is 2. The molecule has 7 nitrogen and oxygen atoms in total. The Labute approximate surface area is 182 Å². The van der Waals surface area contributed by atoms with Crippen LogP contribution in [0.3, 0.4) is 0 Å². The summed E-state index contributed by atoms with van der Waals surface area (Å²) < 4.78 is 7.97. The molecule has 0 fully saturated rings. The van der Waals surface area contributed by atoms with Crippen molar-refractivity contribution in [3.05, 3.63) is 93.0 Å². The van der Waals surface area contributed by atoms with E-state index in [4.69, 9.17) is 4.74 Å². The zero-order valence-corrected chi connectivity index (χ0v) is 17.7. The van der Waals surface area contributed by atoms with E-state index in [1.54, 1.807) is 25.2 Å². The van der Waals surface area contributed by atoms with E-state index in [1.807, 2.05) is 53.9 Å². The van der Waals surface area contributed by atoms with Crippen molar-refractivity contribution < 1.29 is 14.3 Å². The van der Waals surface area contributed by atoms with Gasteiger partial charge in [-0.05, 0) is 29.1 Å². The van der Waals surface area contributed by atoms with Crippen LogP contribution < -0.4 is 11.0 Å². The molecule has 4 aromatic rings. The van der Waals surface area contributed by atoms with Gasteiger partial charge in [0.1, 0.15) is 6.54 Å². The molecule has 1 unspecified atom stereocenters. The first-order chi connectivity index (χ1) is 15.0. The van der Waals surface area contributed by atoms with Gasteiger partial charge < -0.3 is 10.1 Å². The average Bonchev–Trinajstić information content (AvgIpc) is 3.41. The lowest BCUT2D eigenvalue weighted by atomic mass is 10.1. The monoisotopic (exact) mass is 435 g/mol. The van der Waals surface area contributed by atoms with Crippen LogP contribution in [0.1, 0.15) is 16.5 Å². The van der Waals surface area contributed by atoms with Crippen molar-refractivity contribution in [3.63, 3.8) is 0 Å². The summed E-state index contributed by atoms with van der Waals surface area (Å²) in [5.41, 5.74) is 1.98. The van der Waals surface area contributed by atoms with Gasteiger partial charge in [-0.3, -0.25) is 18.7 Å². The van der Waals surface area contributed by atoms with Crippen LogP contribution in [0.4, 0.5) is 0 Å². The molecule has 8 heteroatoms. The Morgan fingerprint density at radius 2 is 1.71 bits per heavy atom. The molecule has 2 aromatic heterocycles. The molecular formula is C23H21N3O4S. The van der Waals surface area contributed by atoms with Crippen molar-refractivity contribution in [3.8, 4) is 0 Å². The lowest BCUT2D eigenvalue weighted by molar-refractivity contribution is -0.149. The number of para-hydroxylation sites is 2. The Kier molecular flexibility index (Phi) is 5.99. The third-order valence-corrected chi connectivity index (χ3v) is 5.91. The smallest absolute Gasteiger partial charge is 0.329 e. The number of nitrogens with zero attached hydrogens (tertiary/aromatic N) is 2. The summed E-state index contributed by atoms with van der Waals surface area (Å²) in [5, 5.41) is 4.87. The third kappa shape index (κ3) is 4.44. The molecule has 0 spiro atoms. The molecule has 0 radical (unpaired) electrons. The molecule has 0 bridgehead atoms. The number of thiophene rings is 1. The zero-order chi connectivity index (χ0) is 21.8. The zero-order valence-electron chi connectivity index (χ0n) is 16.9. The fourth-order valence-electron chi connectivity index (χ4n) is 3.46. The molecule has 158 valence electrons. The van der Waals surface area contributed by atoms with Gasteiger partial charge in [-0.2, -0.15) is 0 Å².